The molecule has 0 unspecified atom stereocenters. The number of nitro benzene ring substituents is 1. The molecule has 90 valence electrons. The molecular weight excluding hydrogens is 236 g/mol. The summed E-state index contributed by atoms with van der Waals surface area (Å²) in [5.41, 5.74) is 0.00487. The van der Waals surface area contributed by atoms with Gasteiger partial charge in [0.2, 0.25) is 0 Å². The Hall–Kier alpha value is -1.54. The van der Waals surface area contributed by atoms with Crippen molar-refractivity contribution < 1.29 is 4.92 Å². The Bertz CT molecular complexity index is 452. The number of nitro groups is 1. The molecule has 4 nitrogen and oxygen atoms in total. The number of nitrogens with zero attached hydrogens (tertiary/aromatic N) is 2. The van der Waals surface area contributed by atoms with Gasteiger partial charge in [-0.1, -0.05) is 13.8 Å². The van der Waals surface area contributed by atoms with E-state index in [0.29, 0.717) is 5.92 Å². The maximum Gasteiger partial charge on any atom is 0.288 e. The van der Waals surface area contributed by atoms with Crippen LogP contribution in [0.4, 0.5) is 5.69 Å². The zero-order chi connectivity index (χ0) is 12.8. The van der Waals surface area contributed by atoms with Gasteiger partial charge in [-0.25, -0.2) is 0 Å². The molecule has 0 aliphatic carbocycles. The molecule has 17 heavy (non-hydrogen) atoms. The molecule has 1 rings (SSSR count). The highest BCUT2D eigenvalue weighted by Crippen LogP contribution is 2.27. The Kier molecular flexibility index (Phi) is 4.98. The molecule has 0 saturated heterocycles. The molecule has 1 aromatic rings. The van der Waals surface area contributed by atoms with Crippen molar-refractivity contribution in [2.45, 2.75) is 25.2 Å². The summed E-state index contributed by atoms with van der Waals surface area (Å²) >= 11 is 1.59. The van der Waals surface area contributed by atoms with Crippen LogP contribution in [0.1, 0.15) is 25.8 Å². The van der Waals surface area contributed by atoms with Crippen molar-refractivity contribution in [1.29, 1.82) is 5.26 Å². The van der Waals surface area contributed by atoms with Gasteiger partial charge in [0.05, 0.1) is 4.92 Å². The molecule has 0 saturated carbocycles. The Morgan fingerprint density at radius 1 is 1.53 bits per heavy atom. The minimum atomic E-state index is -0.509. The van der Waals surface area contributed by atoms with Crippen LogP contribution >= 0.6 is 11.8 Å². The fourth-order valence-corrected chi connectivity index (χ4v) is 2.44. The van der Waals surface area contributed by atoms with Crippen LogP contribution in [0.25, 0.3) is 0 Å². The standard InChI is InChI=1S/C12H14N2O2S/c1-9(2)5-6-17-11-4-3-10(8-13)12(7-11)14(15)16/h3-4,7,9H,5-6H2,1-2H3. The molecule has 0 heterocycles. The summed E-state index contributed by atoms with van der Waals surface area (Å²) in [4.78, 5) is 11.1. The third kappa shape index (κ3) is 4.08. The Labute approximate surface area is 105 Å². The van der Waals surface area contributed by atoms with Crippen LogP contribution in [0.2, 0.25) is 0 Å². The van der Waals surface area contributed by atoms with Gasteiger partial charge in [-0.05, 0) is 30.2 Å². The lowest BCUT2D eigenvalue weighted by Gasteiger charge is -2.04. The highest BCUT2D eigenvalue weighted by molar-refractivity contribution is 7.99. The van der Waals surface area contributed by atoms with Crippen molar-refractivity contribution in [3.63, 3.8) is 0 Å². The van der Waals surface area contributed by atoms with Gasteiger partial charge in [-0.3, -0.25) is 10.1 Å². The van der Waals surface area contributed by atoms with Gasteiger partial charge in [0.25, 0.3) is 5.69 Å². The highest BCUT2D eigenvalue weighted by Gasteiger charge is 2.14. The van der Waals surface area contributed by atoms with E-state index in [9.17, 15) is 10.1 Å². The number of nitriles is 1. The maximum atomic E-state index is 10.8. The highest BCUT2D eigenvalue weighted by atomic mass is 32.2. The fourth-order valence-electron chi connectivity index (χ4n) is 1.26. The van der Waals surface area contributed by atoms with Gasteiger partial charge in [0, 0.05) is 11.0 Å². The second-order valence-electron chi connectivity index (χ2n) is 4.08. The lowest BCUT2D eigenvalue weighted by atomic mass is 10.2. The normalized spacial score (nSPS) is 10.2. The molecule has 0 aromatic heterocycles. The molecule has 0 atom stereocenters. The first kappa shape index (κ1) is 13.5. The van der Waals surface area contributed by atoms with Crippen LogP contribution in [-0.2, 0) is 0 Å². The summed E-state index contributed by atoms with van der Waals surface area (Å²) in [6, 6.07) is 6.57. The molecule has 0 N–H and O–H groups in total. The van der Waals surface area contributed by atoms with Crippen molar-refractivity contribution in [3.05, 3.63) is 33.9 Å². The van der Waals surface area contributed by atoms with Gasteiger partial charge in [0.1, 0.15) is 11.6 Å². The topological polar surface area (TPSA) is 66.9 Å². The first-order chi connectivity index (χ1) is 8.04. The zero-order valence-electron chi connectivity index (χ0n) is 9.84. The van der Waals surface area contributed by atoms with Crippen LogP contribution < -0.4 is 0 Å². The predicted molar refractivity (Wildman–Crippen MR) is 68.0 cm³/mol. The fraction of sp³-hybridized carbons (Fsp3) is 0.417. The first-order valence-electron chi connectivity index (χ1n) is 5.36. The molecule has 0 amide bonds. The number of hydrogen-bond donors (Lipinski definition) is 0. The van der Waals surface area contributed by atoms with Gasteiger partial charge in [-0.2, -0.15) is 5.26 Å². The van der Waals surface area contributed by atoms with E-state index in [4.69, 9.17) is 5.26 Å². The molecule has 0 aliphatic heterocycles. The minimum Gasteiger partial charge on any atom is -0.258 e. The summed E-state index contributed by atoms with van der Waals surface area (Å²) in [7, 11) is 0. The average molecular weight is 250 g/mol. The molecule has 0 spiro atoms. The smallest absolute Gasteiger partial charge is 0.258 e. The molecule has 1 aromatic carbocycles. The van der Waals surface area contributed by atoms with E-state index in [1.165, 1.54) is 12.1 Å². The average Bonchev–Trinajstić information content (AvgIpc) is 2.28. The molecule has 0 bridgehead atoms. The second-order valence-corrected chi connectivity index (χ2v) is 5.25. The summed E-state index contributed by atoms with van der Waals surface area (Å²) in [5.74, 6) is 1.55. The number of rotatable bonds is 5. The van der Waals surface area contributed by atoms with Gasteiger partial charge in [-0.15, -0.1) is 11.8 Å². The van der Waals surface area contributed by atoms with Crippen LogP contribution in [0.5, 0.6) is 0 Å². The summed E-state index contributed by atoms with van der Waals surface area (Å²) in [6.45, 7) is 4.28. The van der Waals surface area contributed by atoms with E-state index >= 15 is 0 Å². The lowest BCUT2D eigenvalue weighted by molar-refractivity contribution is -0.385. The zero-order valence-corrected chi connectivity index (χ0v) is 10.7. The number of hydrogen-bond acceptors (Lipinski definition) is 4. The van der Waals surface area contributed by atoms with Gasteiger partial charge < -0.3 is 0 Å². The summed E-state index contributed by atoms with van der Waals surface area (Å²) in [5, 5.41) is 19.5. The quantitative estimate of drug-likeness (QED) is 0.455. The summed E-state index contributed by atoms with van der Waals surface area (Å²) < 4.78 is 0. The minimum absolute atomic E-state index is 0.109. The van der Waals surface area contributed by atoms with E-state index in [1.54, 1.807) is 17.8 Å². The third-order valence-corrected chi connectivity index (χ3v) is 3.28. The molecule has 0 aliphatic rings. The second kappa shape index (κ2) is 6.26. The van der Waals surface area contributed by atoms with Crippen LogP contribution in [0, 0.1) is 27.4 Å². The number of benzene rings is 1. The van der Waals surface area contributed by atoms with Crippen LogP contribution in [0.15, 0.2) is 23.1 Å². The molecule has 5 heteroatoms. The van der Waals surface area contributed by atoms with Crippen LogP contribution in [0.3, 0.4) is 0 Å². The molecule has 0 fully saturated rings. The van der Waals surface area contributed by atoms with Gasteiger partial charge >= 0.3 is 0 Å². The predicted octanol–water partition coefficient (Wildman–Crippen LogP) is 3.60. The maximum absolute atomic E-state index is 10.8. The Balaban J connectivity index is 2.79. The van der Waals surface area contributed by atoms with E-state index in [-0.39, 0.29) is 11.3 Å². The van der Waals surface area contributed by atoms with Crippen molar-refractivity contribution >= 4 is 17.4 Å². The van der Waals surface area contributed by atoms with Crippen molar-refractivity contribution in [1.82, 2.24) is 0 Å². The van der Waals surface area contributed by atoms with Crippen molar-refractivity contribution in [3.8, 4) is 6.07 Å². The molecule has 0 radical (unpaired) electrons. The van der Waals surface area contributed by atoms with E-state index in [0.717, 1.165) is 17.1 Å². The van der Waals surface area contributed by atoms with E-state index in [1.807, 2.05) is 6.07 Å². The van der Waals surface area contributed by atoms with Gasteiger partial charge in [0.15, 0.2) is 0 Å². The van der Waals surface area contributed by atoms with Crippen molar-refractivity contribution in [2.75, 3.05) is 5.75 Å². The summed E-state index contributed by atoms with van der Waals surface area (Å²) in [6.07, 6.45) is 1.07. The number of thioether (sulfide) groups is 1. The molecular formula is C12H14N2O2S. The SMILES string of the molecule is CC(C)CCSc1ccc(C#N)c([N+](=O)[O-])c1. The Morgan fingerprint density at radius 3 is 2.76 bits per heavy atom. The third-order valence-electron chi connectivity index (χ3n) is 2.25. The van der Waals surface area contributed by atoms with Crippen LogP contribution in [-0.4, -0.2) is 10.7 Å². The van der Waals surface area contributed by atoms with E-state index < -0.39 is 4.92 Å². The van der Waals surface area contributed by atoms with Crippen molar-refractivity contribution in [2.24, 2.45) is 5.92 Å². The monoisotopic (exact) mass is 250 g/mol. The largest absolute Gasteiger partial charge is 0.288 e. The Morgan fingerprint density at radius 2 is 2.24 bits per heavy atom. The lowest BCUT2D eigenvalue weighted by Crippen LogP contribution is -1.93. The van der Waals surface area contributed by atoms with E-state index in [2.05, 4.69) is 13.8 Å². The first-order valence-corrected chi connectivity index (χ1v) is 6.34.